The standard InChI is InChI=1S/C20H22N4O.C4H9NO/c1-3-4-7-18-15(2)25-14-16-13-24(22-20(16)18)17-8-9-19(21-12-17)23-10-5-6-11-23;1-5-4-2-6-3-4/h3-4,7-9,12-13H,1,5-6,10-11,14H2,2H3;4-5H,2-3H2,1H3/b7-4-;. The minimum atomic E-state index is 0.548. The summed E-state index contributed by atoms with van der Waals surface area (Å²) in [5.41, 5.74) is 4.01. The first-order chi connectivity index (χ1) is 15.2. The molecule has 0 spiro atoms. The molecule has 0 aromatic carbocycles. The summed E-state index contributed by atoms with van der Waals surface area (Å²) in [6, 6.07) is 4.80. The van der Waals surface area contributed by atoms with Gasteiger partial charge in [-0.1, -0.05) is 18.7 Å². The zero-order valence-electron chi connectivity index (χ0n) is 18.4. The van der Waals surface area contributed by atoms with Crippen LogP contribution < -0.4 is 10.2 Å². The zero-order chi connectivity index (χ0) is 21.6. The molecule has 0 saturated carbocycles. The molecule has 5 rings (SSSR count). The summed E-state index contributed by atoms with van der Waals surface area (Å²) in [6.07, 6.45) is 12.1. The van der Waals surface area contributed by atoms with Gasteiger partial charge in [-0.15, -0.1) is 0 Å². The monoisotopic (exact) mass is 421 g/mol. The Morgan fingerprint density at radius 3 is 2.61 bits per heavy atom. The van der Waals surface area contributed by atoms with Gasteiger partial charge < -0.3 is 19.7 Å². The molecule has 3 aliphatic rings. The number of aromatic nitrogens is 3. The minimum Gasteiger partial charge on any atom is -0.493 e. The molecule has 7 heteroatoms. The van der Waals surface area contributed by atoms with Crippen molar-refractivity contribution in [1.29, 1.82) is 0 Å². The van der Waals surface area contributed by atoms with Gasteiger partial charge in [0, 0.05) is 30.4 Å². The number of allylic oxidation sites excluding steroid dienone is 5. The van der Waals surface area contributed by atoms with E-state index in [1.807, 2.05) is 43.2 Å². The van der Waals surface area contributed by atoms with Crippen LogP contribution in [0.25, 0.3) is 11.3 Å². The predicted octanol–water partition coefficient (Wildman–Crippen LogP) is 3.48. The van der Waals surface area contributed by atoms with Gasteiger partial charge in [-0.25, -0.2) is 9.67 Å². The Morgan fingerprint density at radius 2 is 2.03 bits per heavy atom. The van der Waals surface area contributed by atoms with E-state index >= 15 is 0 Å². The Labute approximate surface area is 184 Å². The highest BCUT2D eigenvalue weighted by Crippen LogP contribution is 2.30. The van der Waals surface area contributed by atoms with Crippen molar-refractivity contribution in [2.75, 3.05) is 38.3 Å². The first kappa shape index (κ1) is 21.3. The lowest BCUT2D eigenvalue weighted by Crippen LogP contribution is -2.43. The molecule has 3 aliphatic heterocycles. The molecule has 7 nitrogen and oxygen atoms in total. The number of ether oxygens (including phenoxy) is 2. The van der Waals surface area contributed by atoms with Gasteiger partial charge >= 0.3 is 0 Å². The minimum absolute atomic E-state index is 0.548. The normalized spacial score (nSPS) is 18.3. The molecule has 0 aliphatic carbocycles. The Morgan fingerprint density at radius 1 is 1.23 bits per heavy atom. The van der Waals surface area contributed by atoms with Crippen LogP contribution in [0.2, 0.25) is 0 Å². The highest BCUT2D eigenvalue weighted by molar-refractivity contribution is 5.76. The number of anilines is 1. The maximum atomic E-state index is 5.77. The van der Waals surface area contributed by atoms with Gasteiger partial charge in [-0.3, -0.25) is 0 Å². The molecule has 0 unspecified atom stereocenters. The molecule has 2 saturated heterocycles. The zero-order valence-corrected chi connectivity index (χ0v) is 18.4. The average Bonchev–Trinajstić information content (AvgIpc) is 3.43. The molecular weight excluding hydrogens is 390 g/mol. The summed E-state index contributed by atoms with van der Waals surface area (Å²) in [7, 11) is 1.95. The van der Waals surface area contributed by atoms with E-state index in [0.29, 0.717) is 12.6 Å². The Balaban J connectivity index is 0.000000334. The third-order valence-electron chi connectivity index (χ3n) is 5.74. The van der Waals surface area contributed by atoms with Crippen molar-refractivity contribution in [2.24, 2.45) is 0 Å². The number of hydrogen-bond acceptors (Lipinski definition) is 6. The number of likely N-dealkylation sites (N-methyl/N-ethyl adjacent to an activating group) is 1. The Hall–Kier alpha value is -2.90. The molecule has 0 atom stereocenters. The van der Waals surface area contributed by atoms with Crippen molar-refractivity contribution < 1.29 is 9.47 Å². The van der Waals surface area contributed by atoms with Crippen LogP contribution in [0.3, 0.4) is 0 Å². The second kappa shape index (κ2) is 9.94. The highest BCUT2D eigenvalue weighted by Gasteiger charge is 2.21. The van der Waals surface area contributed by atoms with E-state index in [1.54, 1.807) is 6.08 Å². The number of nitrogens with one attached hydrogen (secondary N) is 1. The molecule has 2 aromatic rings. The highest BCUT2D eigenvalue weighted by atomic mass is 16.5. The second-order valence-electron chi connectivity index (χ2n) is 7.89. The van der Waals surface area contributed by atoms with Crippen LogP contribution in [0.5, 0.6) is 0 Å². The summed E-state index contributed by atoms with van der Waals surface area (Å²) < 4.78 is 12.5. The SMILES string of the molecule is C=C/C=C\C1=C(C)OCc2cn(-c3ccc(N4CCCC4)nc3)nc21.CNC1COC1. The van der Waals surface area contributed by atoms with Crippen molar-refractivity contribution in [2.45, 2.75) is 32.4 Å². The van der Waals surface area contributed by atoms with E-state index in [4.69, 9.17) is 14.6 Å². The molecule has 0 bridgehead atoms. The number of hydrogen-bond donors (Lipinski definition) is 1. The van der Waals surface area contributed by atoms with E-state index in [9.17, 15) is 0 Å². The van der Waals surface area contributed by atoms with Crippen molar-refractivity contribution in [1.82, 2.24) is 20.1 Å². The van der Waals surface area contributed by atoms with Crippen LogP contribution in [0.1, 0.15) is 31.0 Å². The first-order valence-electron chi connectivity index (χ1n) is 10.9. The van der Waals surface area contributed by atoms with Crippen molar-refractivity contribution in [3.05, 3.63) is 66.3 Å². The number of rotatable bonds is 5. The largest absolute Gasteiger partial charge is 0.493 e. The van der Waals surface area contributed by atoms with Gasteiger partial charge in [-0.2, -0.15) is 5.10 Å². The fourth-order valence-corrected chi connectivity index (χ4v) is 3.71. The van der Waals surface area contributed by atoms with Crippen LogP contribution >= 0.6 is 0 Å². The van der Waals surface area contributed by atoms with E-state index in [2.05, 4.69) is 33.9 Å². The molecule has 2 fully saturated rings. The topological polar surface area (TPSA) is 64.4 Å². The maximum absolute atomic E-state index is 5.77. The first-order valence-corrected chi connectivity index (χ1v) is 10.9. The van der Waals surface area contributed by atoms with Crippen LogP contribution in [0, 0.1) is 0 Å². The summed E-state index contributed by atoms with van der Waals surface area (Å²) >= 11 is 0. The van der Waals surface area contributed by atoms with Crippen LogP contribution in [0.4, 0.5) is 5.82 Å². The summed E-state index contributed by atoms with van der Waals surface area (Å²) in [6.45, 7) is 10.2. The second-order valence-corrected chi connectivity index (χ2v) is 7.89. The van der Waals surface area contributed by atoms with E-state index in [-0.39, 0.29) is 0 Å². The smallest absolute Gasteiger partial charge is 0.128 e. The van der Waals surface area contributed by atoms with Gasteiger partial charge in [0.05, 0.1) is 31.1 Å². The van der Waals surface area contributed by atoms with E-state index in [0.717, 1.165) is 60.4 Å². The van der Waals surface area contributed by atoms with Gasteiger partial charge in [0.1, 0.15) is 23.9 Å². The summed E-state index contributed by atoms with van der Waals surface area (Å²) in [5, 5.41) is 7.85. The van der Waals surface area contributed by atoms with Crippen LogP contribution in [-0.4, -0.2) is 54.2 Å². The van der Waals surface area contributed by atoms with E-state index in [1.165, 1.54) is 12.8 Å². The number of pyridine rings is 1. The lowest BCUT2D eigenvalue weighted by atomic mass is 10.1. The van der Waals surface area contributed by atoms with Crippen LogP contribution in [-0.2, 0) is 16.1 Å². The fourth-order valence-electron chi connectivity index (χ4n) is 3.71. The molecule has 0 radical (unpaired) electrons. The third-order valence-corrected chi connectivity index (χ3v) is 5.74. The maximum Gasteiger partial charge on any atom is 0.128 e. The van der Waals surface area contributed by atoms with Gasteiger partial charge in [0.15, 0.2) is 0 Å². The van der Waals surface area contributed by atoms with Crippen molar-refractivity contribution >= 4 is 11.4 Å². The average molecular weight is 422 g/mol. The van der Waals surface area contributed by atoms with Crippen molar-refractivity contribution in [3.8, 4) is 5.69 Å². The van der Waals surface area contributed by atoms with Gasteiger partial charge in [-0.05, 0) is 45.0 Å². The molecule has 1 N–H and O–H groups in total. The Kier molecular flexibility index (Phi) is 6.84. The molecular formula is C24H31N5O2. The Bertz CT molecular complexity index is 948. The van der Waals surface area contributed by atoms with Gasteiger partial charge in [0.2, 0.25) is 0 Å². The quantitative estimate of drug-likeness (QED) is 0.746. The molecule has 164 valence electrons. The van der Waals surface area contributed by atoms with Crippen LogP contribution in [0.15, 0.2) is 55.1 Å². The number of nitrogens with zero attached hydrogens (tertiary/aromatic N) is 4. The molecule has 2 aromatic heterocycles. The lowest BCUT2D eigenvalue weighted by Gasteiger charge is -2.24. The molecule has 5 heterocycles. The fraction of sp³-hybridized carbons (Fsp3) is 0.417. The number of fused-ring (bicyclic) bond motifs is 1. The third kappa shape index (κ3) is 4.89. The van der Waals surface area contributed by atoms with Gasteiger partial charge in [0.25, 0.3) is 0 Å². The lowest BCUT2D eigenvalue weighted by molar-refractivity contribution is -0.00169. The summed E-state index contributed by atoms with van der Waals surface area (Å²) in [5.74, 6) is 1.94. The van der Waals surface area contributed by atoms with E-state index < -0.39 is 0 Å². The predicted molar refractivity (Wildman–Crippen MR) is 123 cm³/mol. The van der Waals surface area contributed by atoms with Crippen molar-refractivity contribution in [3.63, 3.8) is 0 Å². The molecule has 31 heavy (non-hydrogen) atoms. The molecule has 0 amide bonds. The summed E-state index contributed by atoms with van der Waals surface area (Å²) in [4.78, 5) is 6.95.